The minimum Gasteiger partial charge on any atom is -0.462 e. The van der Waals surface area contributed by atoms with Crippen molar-refractivity contribution in [3.63, 3.8) is 0 Å². The Balaban J connectivity index is 1.53. The minimum absolute atomic E-state index is 0.309. The number of nitrogens with zero attached hydrogens (tertiary/aromatic N) is 4. The monoisotopic (exact) mass is 456 g/mol. The van der Waals surface area contributed by atoms with Gasteiger partial charge < -0.3 is 14.5 Å². The van der Waals surface area contributed by atoms with Gasteiger partial charge in [-0.05, 0) is 37.6 Å². The average molecular weight is 457 g/mol. The fourth-order valence-corrected chi connectivity index (χ4v) is 4.12. The van der Waals surface area contributed by atoms with E-state index in [-0.39, 0.29) is 6.10 Å². The molecule has 1 saturated heterocycles. The van der Waals surface area contributed by atoms with Gasteiger partial charge in [-0.25, -0.2) is 9.97 Å². The normalized spacial score (nSPS) is 15.5. The van der Waals surface area contributed by atoms with Crippen LogP contribution >= 0.6 is 0 Å². The highest BCUT2D eigenvalue weighted by molar-refractivity contribution is 5.85. The number of ether oxygens (including phenoxy) is 1. The highest BCUT2D eigenvalue weighted by Gasteiger charge is 2.32. The van der Waals surface area contributed by atoms with Crippen molar-refractivity contribution < 1.29 is 14.4 Å². The summed E-state index contributed by atoms with van der Waals surface area (Å²) in [4.78, 5) is 25.9. The van der Waals surface area contributed by atoms with E-state index in [9.17, 15) is 10.1 Å². The summed E-state index contributed by atoms with van der Waals surface area (Å²) in [5.41, 5.74) is 2.98. The number of hydrogen-bond acceptors (Lipinski definition) is 6. The number of rotatable bonds is 7. The first-order valence-electron chi connectivity index (χ1n) is 11.7. The molecule has 1 aliphatic rings. The zero-order valence-corrected chi connectivity index (χ0v) is 19.6. The van der Waals surface area contributed by atoms with Crippen LogP contribution in [0.2, 0.25) is 0 Å². The lowest BCUT2D eigenvalue weighted by Crippen LogP contribution is -3.14. The Hall–Kier alpha value is -3.76. The van der Waals surface area contributed by atoms with Crippen molar-refractivity contribution in [2.45, 2.75) is 25.9 Å². The number of para-hydroxylation sites is 2. The molecule has 3 aromatic rings. The maximum absolute atomic E-state index is 12.7. The molecular weight excluding hydrogens is 426 g/mol. The summed E-state index contributed by atoms with van der Waals surface area (Å²) >= 11 is 0. The first-order valence-corrected chi connectivity index (χ1v) is 11.7. The van der Waals surface area contributed by atoms with Crippen molar-refractivity contribution in [2.75, 3.05) is 37.6 Å². The summed E-state index contributed by atoms with van der Waals surface area (Å²) in [6.07, 6.45) is 4.07. The lowest BCUT2D eigenvalue weighted by Gasteiger charge is -2.33. The lowest BCUT2D eigenvalue weighted by molar-refractivity contribution is -0.894. The Labute approximate surface area is 200 Å². The van der Waals surface area contributed by atoms with Gasteiger partial charge in [0.2, 0.25) is 0 Å². The second kappa shape index (κ2) is 10.9. The highest BCUT2D eigenvalue weighted by Crippen LogP contribution is 2.28. The fraction of sp³-hybridized carbons (Fsp3) is 0.333. The van der Waals surface area contributed by atoms with Gasteiger partial charge in [0.05, 0.1) is 55.9 Å². The minimum atomic E-state index is -1.12. The smallest absolute Gasteiger partial charge is 0.329 e. The number of carbonyl (C=O) groups is 1. The van der Waals surface area contributed by atoms with Crippen molar-refractivity contribution >= 4 is 28.9 Å². The van der Waals surface area contributed by atoms with Gasteiger partial charge in [0.25, 0.3) is 0 Å². The molecule has 0 radical (unpaired) electrons. The van der Waals surface area contributed by atoms with Gasteiger partial charge in [-0.15, -0.1) is 0 Å². The number of esters is 1. The maximum Gasteiger partial charge on any atom is 0.329 e. The average Bonchev–Trinajstić information content (AvgIpc) is 2.85. The standard InChI is InChI=1S/C27H29N5O2/c1-20(2)34-27(33)22(19-28)25-26(30-24-13-7-6-12-23(24)29-25)32-17-15-31(16-18-32)14-8-11-21-9-4-3-5-10-21/h3-13,20,22H,14-18H2,1-2H3/p+1/b11-8+/t22-/m0/s1. The number of carbonyl (C=O) groups excluding carboxylic acids is 1. The highest BCUT2D eigenvalue weighted by atomic mass is 16.5. The van der Waals surface area contributed by atoms with Crippen molar-refractivity contribution in [1.82, 2.24) is 9.97 Å². The molecule has 7 nitrogen and oxygen atoms in total. The summed E-state index contributed by atoms with van der Waals surface area (Å²) < 4.78 is 5.35. The van der Waals surface area contributed by atoms with Crippen molar-refractivity contribution in [3.8, 4) is 6.07 Å². The van der Waals surface area contributed by atoms with Gasteiger partial charge in [-0.2, -0.15) is 5.26 Å². The molecule has 1 fully saturated rings. The van der Waals surface area contributed by atoms with Crippen LogP contribution in [-0.4, -0.2) is 54.8 Å². The van der Waals surface area contributed by atoms with Crippen LogP contribution < -0.4 is 9.80 Å². The number of nitriles is 1. The Bertz CT molecular complexity index is 1190. The largest absolute Gasteiger partial charge is 0.462 e. The van der Waals surface area contributed by atoms with E-state index in [4.69, 9.17) is 14.7 Å². The first-order chi connectivity index (χ1) is 16.5. The Morgan fingerprint density at radius 2 is 1.74 bits per heavy atom. The zero-order chi connectivity index (χ0) is 23.9. The zero-order valence-electron chi connectivity index (χ0n) is 19.6. The van der Waals surface area contributed by atoms with Gasteiger partial charge in [0, 0.05) is 0 Å². The number of aromatic nitrogens is 2. The van der Waals surface area contributed by atoms with Crippen LogP contribution in [0.3, 0.4) is 0 Å². The molecule has 0 unspecified atom stereocenters. The van der Waals surface area contributed by atoms with Crippen LogP contribution in [0, 0.1) is 11.3 Å². The Morgan fingerprint density at radius 1 is 1.09 bits per heavy atom. The predicted octanol–water partition coefficient (Wildman–Crippen LogP) is 2.61. The molecule has 1 aliphatic heterocycles. The second-order valence-electron chi connectivity index (χ2n) is 8.72. The number of piperazine rings is 1. The van der Waals surface area contributed by atoms with Crippen LogP contribution in [0.4, 0.5) is 5.82 Å². The van der Waals surface area contributed by atoms with Crippen molar-refractivity contribution in [3.05, 3.63) is 71.9 Å². The molecule has 2 heterocycles. The molecule has 174 valence electrons. The molecule has 0 aliphatic carbocycles. The molecule has 0 amide bonds. The van der Waals surface area contributed by atoms with Crippen LogP contribution in [-0.2, 0) is 9.53 Å². The third-order valence-corrected chi connectivity index (χ3v) is 5.85. The van der Waals surface area contributed by atoms with E-state index >= 15 is 0 Å². The summed E-state index contributed by atoms with van der Waals surface area (Å²) in [6, 6.07) is 19.9. The summed E-state index contributed by atoms with van der Waals surface area (Å²) in [6.45, 7) is 7.89. The second-order valence-corrected chi connectivity index (χ2v) is 8.72. The van der Waals surface area contributed by atoms with E-state index in [0.29, 0.717) is 17.0 Å². The summed E-state index contributed by atoms with van der Waals surface area (Å²) in [5, 5.41) is 9.84. The molecule has 2 aromatic carbocycles. The van der Waals surface area contributed by atoms with Gasteiger partial charge in [-0.3, -0.25) is 4.79 Å². The lowest BCUT2D eigenvalue weighted by atomic mass is 10.1. The third-order valence-electron chi connectivity index (χ3n) is 5.85. The van der Waals surface area contributed by atoms with E-state index in [1.54, 1.807) is 13.8 Å². The van der Waals surface area contributed by atoms with Crippen LogP contribution in [0.25, 0.3) is 17.1 Å². The van der Waals surface area contributed by atoms with E-state index in [0.717, 1.165) is 38.2 Å². The first kappa shape index (κ1) is 23.4. The fourth-order valence-electron chi connectivity index (χ4n) is 4.12. The molecule has 1 atom stereocenters. The van der Waals surface area contributed by atoms with E-state index < -0.39 is 11.9 Å². The summed E-state index contributed by atoms with van der Waals surface area (Å²) in [7, 11) is 0. The maximum atomic E-state index is 12.7. The Morgan fingerprint density at radius 3 is 2.38 bits per heavy atom. The quantitative estimate of drug-likeness (QED) is 0.551. The van der Waals surface area contributed by atoms with Gasteiger partial charge in [0.15, 0.2) is 11.7 Å². The van der Waals surface area contributed by atoms with Crippen molar-refractivity contribution in [2.24, 2.45) is 0 Å². The Kier molecular flexibility index (Phi) is 7.51. The molecule has 0 spiro atoms. The number of hydrogen-bond donors (Lipinski definition) is 1. The topological polar surface area (TPSA) is 83.5 Å². The number of fused-ring (bicyclic) bond motifs is 1. The molecule has 1 aromatic heterocycles. The van der Waals surface area contributed by atoms with Crippen LogP contribution in [0.15, 0.2) is 60.7 Å². The molecule has 1 N–H and O–H groups in total. The molecule has 34 heavy (non-hydrogen) atoms. The number of anilines is 1. The molecule has 7 heteroatoms. The molecular formula is C27H30N5O2+. The summed E-state index contributed by atoms with van der Waals surface area (Å²) in [5.74, 6) is -1.10. The number of nitrogens with one attached hydrogen (secondary N) is 1. The van der Waals surface area contributed by atoms with Gasteiger partial charge in [-0.1, -0.05) is 48.5 Å². The van der Waals surface area contributed by atoms with E-state index in [1.165, 1.54) is 10.5 Å². The van der Waals surface area contributed by atoms with E-state index in [1.807, 2.05) is 42.5 Å². The predicted molar refractivity (Wildman–Crippen MR) is 132 cm³/mol. The van der Waals surface area contributed by atoms with Gasteiger partial charge >= 0.3 is 5.97 Å². The number of quaternary nitrogens is 1. The van der Waals surface area contributed by atoms with Crippen LogP contribution in [0.5, 0.6) is 0 Å². The molecule has 0 saturated carbocycles. The van der Waals surface area contributed by atoms with E-state index in [2.05, 4.69) is 35.3 Å². The SMILES string of the molecule is CC(C)OC(=O)[C@@H](C#N)c1nc2ccccc2nc1N1CC[NH+](C/C=C/c2ccccc2)CC1. The molecule has 0 bridgehead atoms. The molecule has 4 rings (SSSR count). The number of benzene rings is 2. The van der Waals surface area contributed by atoms with Crippen molar-refractivity contribution in [1.29, 1.82) is 5.26 Å². The van der Waals surface area contributed by atoms with Crippen LogP contribution in [0.1, 0.15) is 31.0 Å². The third kappa shape index (κ3) is 5.59. The van der Waals surface area contributed by atoms with Gasteiger partial charge in [0.1, 0.15) is 5.69 Å².